The van der Waals surface area contributed by atoms with Crippen LogP contribution in [-0.2, 0) is 27.0 Å². The largest absolute Gasteiger partial charge is 0.478 e. The number of aromatic carboxylic acids is 1. The molecule has 0 aliphatic carbocycles. The first-order chi connectivity index (χ1) is 10.5. The van der Waals surface area contributed by atoms with Gasteiger partial charge in [0, 0.05) is 16.6 Å². The summed E-state index contributed by atoms with van der Waals surface area (Å²) in [5.74, 6) is -0.813. The molecule has 7 heteroatoms. The third-order valence-electron chi connectivity index (χ3n) is 2.85. The molecule has 0 radical (unpaired) electrons. The summed E-state index contributed by atoms with van der Waals surface area (Å²) in [4.78, 5) is 22.1. The van der Waals surface area contributed by atoms with Crippen molar-refractivity contribution < 1.29 is 28.1 Å². The Bertz CT molecular complexity index is 718. The normalized spacial score (nSPS) is 11.9. The summed E-state index contributed by atoms with van der Waals surface area (Å²) in [7, 11) is -0.0360. The molecule has 0 spiro atoms. The number of hydrogen-bond acceptors (Lipinski definition) is 5. The molecule has 22 heavy (non-hydrogen) atoms. The number of hydrogen-bond donors (Lipinski definition) is 1. The molecule has 1 heterocycles. The van der Waals surface area contributed by atoms with Crippen LogP contribution in [0.25, 0.3) is 0 Å². The van der Waals surface area contributed by atoms with Gasteiger partial charge in [-0.05, 0) is 29.8 Å². The van der Waals surface area contributed by atoms with Crippen LogP contribution < -0.4 is 0 Å². The minimum Gasteiger partial charge on any atom is -0.478 e. The van der Waals surface area contributed by atoms with Crippen LogP contribution in [0.5, 0.6) is 0 Å². The van der Waals surface area contributed by atoms with Gasteiger partial charge in [0.25, 0.3) is 0 Å². The molecule has 0 fully saturated rings. The maximum absolute atomic E-state index is 12.1. The second-order valence-corrected chi connectivity index (χ2v) is 5.95. The van der Waals surface area contributed by atoms with Crippen molar-refractivity contribution in [3.63, 3.8) is 0 Å². The van der Waals surface area contributed by atoms with Crippen LogP contribution in [0.4, 0.5) is 0 Å². The summed E-state index contributed by atoms with van der Waals surface area (Å²) in [6.45, 7) is 0. The van der Waals surface area contributed by atoms with E-state index in [-0.39, 0.29) is 22.8 Å². The summed E-state index contributed by atoms with van der Waals surface area (Å²) >= 11 is 0. The third kappa shape index (κ3) is 4.05. The number of benzene rings is 1. The molecular weight excluding hydrogens is 308 g/mol. The molecule has 2 rings (SSSR count). The Labute approximate surface area is 129 Å². The van der Waals surface area contributed by atoms with Gasteiger partial charge in [0.15, 0.2) is 0 Å². The van der Waals surface area contributed by atoms with Crippen molar-refractivity contribution in [2.75, 3.05) is 7.11 Å². The van der Waals surface area contributed by atoms with Crippen molar-refractivity contribution in [1.82, 2.24) is 0 Å². The molecule has 0 saturated carbocycles. The number of methoxy groups -OCH3 is 1. The standard InChI is InChI=1S/C15H14O6S/c1-20-15(18)13-6-5-12(21-13)9-22(19)8-10-3-2-4-11(7-10)14(16)17/h2-7H,8-9H2,1H3,(H,16,17). The van der Waals surface area contributed by atoms with Crippen molar-refractivity contribution in [2.45, 2.75) is 11.5 Å². The van der Waals surface area contributed by atoms with Gasteiger partial charge in [0.2, 0.25) is 5.76 Å². The van der Waals surface area contributed by atoms with Crippen LogP contribution in [0.1, 0.15) is 32.2 Å². The fraction of sp³-hybridized carbons (Fsp3) is 0.200. The van der Waals surface area contributed by atoms with E-state index in [9.17, 15) is 13.8 Å². The molecule has 1 aromatic heterocycles. The van der Waals surface area contributed by atoms with E-state index >= 15 is 0 Å². The lowest BCUT2D eigenvalue weighted by Crippen LogP contribution is -2.02. The monoisotopic (exact) mass is 322 g/mol. The fourth-order valence-electron chi connectivity index (χ4n) is 1.86. The number of rotatable bonds is 6. The highest BCUT2D eigenvalue weighted by Gasteiger charge is 2.13. The molecular formula is C15H14O6S. The van der Waals surface area contributed by atoms with Crippen LogP contribution in [0.2, 0.25) is 0 Å². The smallest absolute Gasteiger partial charge is 0.373 e. The van der Waals surface area contributed by atoms with E-state index in [1.165, 1.54) is 25.3 Å². The Kier molecular flexibility index (Phi) is 5.11. The highest BCUT2D eigenvalue weighted by Crippen LogP contribution is 2.14. The molecule has 1 atom stereocenters. The van der Waals surface area contributed by atoms with Gasteiger partial charge >= 0.3 is 11.9 Å². The van der Waals surface area contributed by atoms with Crippen LogP contribution in [-0.4, -0.2) is 28.4 Å². The summed E-state index contributed by atoms with van der Waals surface area (Å²) in [6, 6.07) is 9.32. The Hall–Kier alpha value is -2.41. The zero-order valence-corrected chi connectivity index (χ0v) is 12.6. The van der Waals surface area contributed by atoms with Gasteiger partial charge in [-0.2, -0.15) is 0 Å². The molecule has 0 bridgehead atoms. The average Bonchev–Trinajstić information content (AvgIpc) is 2.95. The molecule has 2 aromatic rings. The van der Waals surface area contributed by atoms with Gasteiger partial charge in [-0.15, -0.1) is 0 Å². The minimum absolute atomic E-state index is 0.0578. The number of carbonyl (C=O) groups is 2. The summed E-state index contributed by atoms with van der Waals surface area (Å²) in [5, 5.41) is 8.92. The van der Waals surface area contributed by atoms with Crippen molar-refractivity contribution in [3.8, 4) is 0 Å². The maximum atomic E-state index is 12.1. The van der Waals surface area contributed by atoms with Gasteiger partial charge in [0.05, 0.1) is 18.4 Å². The number of carboxylic acids is 1. The third-order valence-corrected chi connectivity index (χ3v) is 4.11. The highest BCUT2D eigenvalue weighted by molar-refractivity contribution is 7.83. The number of carboxylic acid groups (broad SMARTS) is 1. The predicted molar refractivity (Wildman–Crippen MR) is 79.0 cm³/mol. The van der Waals surface area contributed by atoms with E-state index in [2.05, 4.69) is 4.74 Å². The van der Waals surface area contributed by atoms with Crippen LogP contribution in [0.15, 0.2) is 40.8 Å². The van der Waals surface area contributed by atoms with E-state index in [1.807, 2.05) is 0 Å². The Morgan fingerprint density at radius 3 is 2.68 bits per heavy atom. The van der Waals surface area contributed by atoms with Gasteiger partial charge < -0.3 is 14.3 Å². The van der Waals surface area contributed by atoms with Crippen molar-refractivity contribution >= 4 is 22.7 Å². The SMILES string of the molecule is COC(=O)c1ccc(CS(=O)Cc2cccc(C(=O)O)c2)o1. The lowest BCUT2D eigenvalue weighted by atomic mass is 10.1. The molecule has 0 amide bonds. The first-order valence-corrected chi connectivity index (χ1v) is 7.82. The molecule has 1 unspecified atom stereocenters. The maximum Gasteiger partial charge on any atom is 0.373 e. The lowest BCUT2D eigenvalue weighted by molar-refractivity contribution is 0.0563. The molecule has 0 saturated heterocycles. The quantitative estimate of drug-likeness (QED) is 0.820. The van der Waals surface area contributed by atoms with Gasteiger partial charge in [-0.1, -0.05) is 12.1 Å². The zero-order chi connectivity index (χ0) is 16.1. The second-order valence-electron chi connectivity index (χ2n) is 4.49. The second kappa shape index (κ2) is 7.04. The lowest BCUT2D eigenvalue weighted by Gasteiger charge is -2.02. The number of furan rings is 1. The molecule has 1 aromatic carbocycles. The van der Waals surface area contributed by atoms with Crippen LogP contribution >= 0.6 is 0 Å². The predicted octanol–water partition coefficient (Wildman–Crippen LogP) is 2.21. The first kappa shape index (κ1) is 16.0. The molecule has 1 N–H and O–H groups in total. The van der Waals surface area contributed by atoms with Gasteiger partial charge in [-0.25, -0.2) is 9.59 Å². The molecule has 0 aliphatic rings. The van der Waals surface area contributed by atoms with E-state index in [1.54, 1.807) is 18.2 Å². The van der Waals surface area contributed by atoms with Crippen molar-refractivity contribution in [1.29, 1.82) is 0 Å². The van der Waals surface area contributed by atoms with E-state index in [4.69, 9.17) is 9.52 Å². The molecule has 0 aliphatic heterocycles. The summed E-state index contributed by atoms with van der Waals surface area (Å²) < 4.78 is 21.9. The Morgan fingerprint density at radius 1 is 1.23 bits per heavy atom. The number of ether oxygens (including phenoxy) is 1. The Morgan fingerprint density at radius 2 is 2.00 bits per heavy atom. The van der Waals surface area contributed by atoms with Crippen LogP contribution in [0, 0.1) is 0 Å². The van der Waals surface area contributed by atoms with E-state index in [0.717, 1.165) is 0 Å². The topological polar surface area (TPSA) is 93.8 Å². The van der Waals surface area contributed by atoms with Crippen molar-refractivity contribution in [2.24, 2.45) is 0 Å². The van der Waals surface area contributed by atoms with Gasteiger partial charge in [-0.3, -0.25) is 4.21 Å². The molecule has 116 valence electrons. The number of carbonyl (C=O) groups excluding carboxylic acids is 1. The summed E-state index contributed by atoms with van der Waals surface area (Å²) in [6.07, 6.45) is 0. The minimum atomic E-state index is -1.28. The average molecular weight is 322 g/mol. The number of esters is 1. The fourth-order valence-corrected chi connectivity index (χ4v) is 2.98. The Balaban J connectivity index is 2.01. The van der Waals surface area contributed by atoms with Gasteiger partial charge in [0.1, 0.15) is 5.76 Å². The van der Waals surface area contributed by atoms with Crippen LogP contribution in [0.3, 0.4) is 0 Å². The van der Waals surface area contributed by atoms with E-state index in [0.29, 0.717) is 11.3 Å². The van der Waals surface area contributed by atoms with Crippen molar-refractivity contribution in [3.05, 3.63) is 59.0 Å². The van der Waals surface area contributed by atoms with E-state index < -0.39 is 22.7 Å². The first-order valence-electron chi connectivity index (χ1n) is 6.34. The highest BCUT2D eigenvalue weighted by atomic mass is 32.2. The zero-order valence-electron chi connectivity index (χ0n) is 11.8. The molecule has 6 nitrogen and oxygen atoms in total. The summed E-state index contributed by atoms with van der Waals surface area (Å²) in [5.41, 5.74) is 0.818.